The van der Waals surface area contributed by atoms with Crippen LogP contribution in [0, 0.1) is 0 Å². The summed E-state index contributed by atoms with van der Waals surface area (Å²) in [6, 6.07) is 1.21. The molecule has 0 atom stereocenters. The van der Waals surface area contributed by atoms with Gasteiger partial charge in [-0.3, -0.25) is 15.1 Å². The van der Waals surface area contributed by atoms with Gasteiger partial charge in [0.1, 0.15) is 5.75 Å². The van der Waals surface area contributed by atoms with E-state index in [2.05, 4.69) is 20.4 Å². The highest BCUT2D eigenvalue weighted by molar-refractivity contribution is 6.05. The first kappa shape index (κ1) is 13.8. The van der Waals surface area contributed by atoms with Gasteiger partial charge in [-0.05, 0) is 6.07 Å². The van der Waals surface area contributed by atoms with Crippen molar-refractivity contribution in [3.8, 4) is 5.75 Å². The quantitative estimate of drug-likeness (QED) is 0.865. The number of carbonyl (C=O) groups is 1. The molecule has 0 aliphatic carbocycles. The lowest BCUT2D eigenvalue weighted by atomic mass is 10.2. The van der Waals surface area contributed by atoms with Gasteiger partial charge in [-0.25, -0.2) is 4.68 Å². The first-order chi connectivity index (χ1) is 9.29. The molecule has 0 aliphatic rings. The molecule has 0 spiro atoms. The zero-order valence-corrected chi connectivity index (χ0v) is 10.0. The maximum absolute atomic E-state index is 12.4. The summed E-state index contributed by atoms with van der Waals surface area (Å²) >= 11 is 0. The highest BCUT2D eigenvalue weighted by Crippen LogP contribution is 2.27. The summed E-state index contributed by atoms with van der Waals surface area (Å²) in [5, 5.41) is 14.7. The number of nitrogens with one attached hydrogen (secondary N) is 1. The molecular weight excluding hydrogens is 279 g/mol. The van der Waals surface area contributed by atoms with Crippen molar-refractivity contribution < 1.29 is 23.1 Å². The van der Waals surface area contributed by atoms with E-state index in [4.69, 9.17) is 0 Å². The molecule has 2 heterocycles. The summed E-state index contributed by atoms with van der Waals surface area (Å²) in [6.07, 6.45) is -2.42. The Morgan fingerprint density at radius 1 is 1.45 bits per heavy atom. The molecule has 2 rings (SSSR count). The third-order valence-electron chi connectivity index (χ3n) is 2.29. The fourth-order valence-corrected chi connectivity index (χ4v) is 1.36. The van der Waals surface area contributed by atoms with Gasteiger partial charge in [-0.1, -0.05) is 0 Å². The summed E-state index contributed by atoms with van der Waals surface area (Å²) in [4.78, 5) is 18.5. The van der Waals surface area contributed by atoms with Gasteiger partial charge in [-0.2, -0.15) is 18.2 Å². The van der Waals surface area contributed by atoms with Crippen molar-refractivity contribution in [2.24, 2.45) is 7.05 Å². The minimum atomic E-state index is -4.71. The molecule has 7 nitrogen and oxygen atoms in total. The number of anilines is 1. The van der Waals surface area contributed by atoms with E-state index in [1.807, 2.05) is 0 Å². The zero-order valence-electron chi connectivity index (χ0n) is 10.0. The highest BCUT2D eigenvalue weighted by Gasteiger charge is 2.37. The standard InChI is InChI=1S/C10H8F3N5O2/c1-18-9(16-8(17-18)10(11,12)13)15-7(20)5-2-3-14-4-6(5)19/h2-4,19H,1H3,(H,15,16,17,20). The Kier molecular flexibility index (Phi) is 3.30. The maximum Gasteiger partial charge on any atom is 0.453 e. The summed E-state index contributed by atoms with van der Waals surface area (Å²) < 4.78 is 38.0. The van der Waals surface area contributed by atoms with Crippen molar-refractivity contribution in [1.29, 1.82) is 0 Å². The lowest BCUT2D eigenvalue weighted by Crippen LogP contribution is -2.15. The van der Waals surface area contributed by atoms with Crippen molar-refractivity contribution in [2.45, 2.75) is 6.18 Å². The number of carbonyl (C=O) groups excluding carboxylic acids is 1. The lowest BCUT2D eigenvalue weighted by Gasteiger charge is -2.04. The topological polar surface area (TPSA) is 92.9 Å². The molecule has 20 heavy (non-hydrogen) atoms. The van der Waals surface area contributed by atoms with Crippen LogP contribution in [0.3, 0.4) is 0 Å². The Balaban J connectivity index is 2.25. The molecule has 0 saturated heterocycles. The number of nitrogens with zero attached hydrogens (tertiary/aromatic N) is 4. The van der Waals surface area contributed by atoms with Crippen molar-refractivity contribution in [2.75, 3.05) is 5.32 Å². The average Bonchev–Trinajstić information content (AvgIpc) is 2.71. The highest BCUT2D eigenvalue weighted by atomic mass is 19.4. The van der Waals surface area contributed by atoms with Gasteiger partial charge in [0.15, 0.2) is 0 Å². The lowest BCUT2D eigenvalue weighted by molar-refractivity contribution is -0.144. The van der Waals surface area contributed by atoms with E-state index in [-0.39, 0.29) is 5.56 Å². The van der Waals surface area contributed by atoms with Crippen molar-refractivity contribution in [1.82, 2.24) is 19.7 Å². The Labute approximate surface area is 110 Å². The fraction of sp³-hybridized carbons (Fsp3) is 0.200. The Morgan fingerprint density at radius 2 is 2.15 bits per heavy atom. The molecule has 0 unspecified atom stereocenters. The number of amides is 1. The smallest absolute Gasteiger partial charge is 0.453 e. The number of aryl methyl sites for hydroxylation is 1. The summed E-state index contributed by atoms with van der Waals surface area (Å²) in [5.41, 5.74) is -0.142. The normalized spacial score (nSPS) is 11.4. The van der Waals surface area contributed by atoms with E-state index in [1.54, 1.807) is 0 Å². The van der Waals surface area contributed by atoms with Gasteiger partial charge in [0.2, 0.25) is 5.95 Å². The van der Waals surface area contributed by atoms with Crippen LogP contribution in [0.25, 0.3) is 0 Å². The van der Waals surface area contributed by atoms with Crippen LogP contribution in [0.1, 0.15) is 16.2 Å². The number of hydrogen-bond donors (Lipinski definition) is 2. The molecule has 0 bridgehead atoms. The predicted molar refractivity (Wildman–Crippen MR) is 59.9 cm³/mol. The largest absolute Gasteiger partial charge is 0.505 e. The number of rotatable bonds is 2. The Hall–Kier alpha value is -2.65. The molecule has 2 N–H and O–H groups in total. The molecule has 0 fully saturated rings. The molecule has 0 aliphatic heterocycles. The number of pyridine rings is 1. The van der Waals surface area contributed by atoms with Crippen LogP contribution >= 0.6 is 0 Å². The number of alkyl halides is 3. The second kappa shape index (κ2) is 4.79. The fourth-order valence-electron chi connectivity index (χ4n) is 1.36. The first-order valence-electron chi connectivity index (χ1n) is 5.21. The third-order valence-corrected chi connectivity index (χ3v) is 2.29. The summed E-state index contributed by atoms with van der Waals surface area (Å²) in [7, 11) is 1.20. The van der Waals surface area contributed by atoms with Crippen LogP contribution < -0.4 is 5.32 Å². The molecule has 0 saturated carbocycles. The van der Waals surface area contributed by atoms with Crippen molar-refractivity contribution >= 4 is 11.9 Å². The van der Waals surface area contributed by atoms with E-state index in [1.165, 1.54) is 19.3 Å². The summed E-state index contributed by atoms with van der Waals surface area (Å²) in [6.45, 7) is 0. The molecule has 106 valence electrons. The Morgan fingerprint density at radius 3 is 2.70 bits per heavy atom. The third kappa shape index (κ3) is 2.68. The van der Waals surface area contributed by atoms with E-state index in [0.717, 1.165) is 10.9 Å². The van der Waals surface area contributed by atoms with Crippen LogP contribution in [0.4, 0.5) is 19.1 Å². The van der Waals surface area contributed by atoms with Crippen LogP contribution in [0.2, 0.25) is 0 Å². The molecule has 0 aromatic carbocycles. The zero-order chi connectivity index (χ0) is 14.9. The second-order valence-electron chi connectivity index (χ2n) is 3.73. The maximum atomic E-state index is 12.4. The van der Waals surface area contributed by atoms with E-state index < -0.39 is 29.6 Å². The number of aromatic hydroxyl groups is 1. The van der Waals surface area contributed by atoms with Gasteiger partial charge in [0, 0.05) is 13.2 Å². The van der Waals surface area contributed by atoms with Crippen LogP contribution in [0.5, 0.6) is 5.75 Å². The van der Waals surface area contributed by atoms with E-state index >= 15 is 0 Å². The molecule has 0 radical (unpaired) electrons. The molecular formula is C10H8F3N5O2. The first-order valence-corrected chi connectivity index (χ1v) is 5.21. The molecule has 1 amide bonds. The van der Waals surface area contributed by atoms with Gasteiger partial charge >= 0.3 is 6.18 Å². The van der Waals surface area contributed by atoms with Gasteiger partial charge in [-0.15, -0.1) is 5.10 Å². The number of halogens is 3. The SMILES string of the molecule is Cn1nc(C(F)(F)F)nc1NC(=O)c1ccncc1O. The van der Waals surface area contributed by atoms with Gasteiger partial charge in [0.05, 0.1) is 11.8 Å². The van der Waals surface area contributed by atoms with Gasteiger partial charge in [0.25, 0.3) is 11.7 Å². The van der Waals surface area contributed by atoms with E-state index in [0.29, 0.717) is 0 Å². The Bertz CT molecular complexity index is 653. The van der Waals surface area contributed by atoms with Gasteiger partial charge < -0.3 is 5.11 Å². The minimum absolute atomic E-state index is 0.142. The molecule has 2 aromatic heterocycles. The average molecular weight is 287 g/mol. The van der Waals surface area contributed by atoms with Crippen molar-refractivity contribution in [3.63, 3.8) is 0 Å². The molecule has 10 heteroatoms. The molecule has 2 aromatic rings. The predicted octanol–water partition coefficient (Wildman–Crippen LogP) is 1.19. The van der Waals surface area contributed by atoms with Crippen LogP contribution in [-0.2, 0) is 13.2 Å². The van der Waals surface area contributed by atoms with Crippen LogP contribution in [0.15, 0.2) is 18.5 Å². The minimum Gasteiger partial charge on any atom is -0.505 e. The second-order valence-corrected chi connectivity index (χ2v) is 3.73. The summed E-state index contributed by atoms with van der Waals surface area (Å²) in [5.74, 6) is -2.98. The van der Waals surface area contributed by atoms with Crippen molar-refractivity contribution in [3.05, 3.63) is 29.8 Å². The number of hydrogen-bond acceptors (Lipinski definition) is 5. The van der Waals surface area contributed by atoms with Crippen LogP contribution in [-0.4, -0.2) is 30.8 Å². The number of aromatic nitrogens is 4. The van der Waals surface area contributed by atoms with E-state index in [9.17, 15) is 23.1 Å². The monoisotopic (exact) mass is 287 g/mol.